The molecule has 8 rings (SSSR count). The van der Waals surface area contributed by atoms with E-state index in [1.165, 1.54) is 16.7 Å². The number of piperazine rings is 2. The van der Waals surface area contributed by atoms with E-state index in [9.17, 15) is 8.42 Å². The third-order valence-corrected chi connectivity index (χ3v) is 14.2. The molecule has 0 saturated carbocycles. The summed E-state index contributed by atoms with van der Waals surface area (Å²) in [6.07, 6.45) is 2.21. The number of nitrogens with one attached hydrogen (secondary N) is 1. The van der Waals surface area contributed by atoms with Crippen LogP contribution in [0.1, 0.15) is 48.2 Å². The molecule has 1 N–H and O–H groups in total. The molecule has 2 unspecified atom stereocenters. The molecule has 67 heavy (non-hydrogen) atoms. The molecule has 2 heterocycles. The zero-order chi connectivity index (χ0) is 48.3. The topological polar surface area (TPSA) is 65.1 Å². The lowest BCUT2D eigenvalue weighted by Crippen LogP contribution is -2.52. The smallest absolute Gasteiger partial charge is 0.264 e. The highest BCUT2D eigenvalue weighted by Gasteiger charge is 2.32. The van der Waals surface area contributed by atoms with E-state index in [1.54, 1.807) is 25.1 Å². The van der Waals surface area contributed by atoms with Crippen molar-refractivity contribution in [3.05, 3.63) is 196 Å². The maximum absolute atomic E-state index is 10.8. The van der Waals surface area contributed by atoms with E-state index in [4.69, 9.17) is 97.0 Å². The van der Waals surface area contributed by atoms with Gasteiger partial charge >= 0.3 is 0 Å². The van der Waals surface area contributed by atoms with Crippen LogP contribution in [0.3, 0.4) is 0 Å². The summed E-state index contributed by atoms with van der Waals surface area (Å²) in [7, 11) is -3.38. The van der Waals surface area contributed by atoms with Crippen molar-refractivity contribution < 1.29 is 12.6 Å². The first-order valence-corrected chi connectivity index (χ1v) is 26.5. The SMILES string of the molecule is CC(Cc1ccc(Cl)cc1)N1CCN(c2ccc(Cl)cc2Cl)[C@H](c2ccc(Cl)cc2)C1.CC(Cc1ccc(Cl)cc1)OS(C)(=O)=O.Clc1ccc([C@@H]2CNCCN2c2ccc(Cl)cc2Cl)cc1. The van der Waals surface area contributed by atoms with Crippen molar-refractivity contribution in [3.8, 4) is 0 Å². The second-order valence-electron chi connectivity index (χ2n) is 16.5. The molecule has 2 aliphatic heterocycles. The number of anilines is 2. The van der Waals surface area contributed by atoms with E-state index in [2.05, 4.69) is 63.3 Å². The number of hydrogen-bond donors (Lipinski definition) is 1. The standard InChI is InChI=1S/C25H24Cl4N2.C16H15Cl3N2.C10H13ClO3S/c1-17(14-18-2-6-20(26)7-3-18)30-12-13-31(24-11-10-22(28)15-23(24)29)25(16-30)19-4-8-21(27)9-5-19;17-12-3-1-11(2-4-12)16-10-20-7-8-21(16)15-6-5-13(18)9-14(15)19;1-8(14-15(2,12)13)7-9-3-5-10(11)6-4-9/h2-11,15,17,25H,12-14,16H2,1H3;1-6,9,16,20H,7-8,10H2;3-6,8H,7H2,1-2H3/t17?,25-;16-;/m00./s1. The lowest BCUT2D eigenvalue weighted by molar-refractivity contribution is 0.169. The summed E-state index contributed by atoms with van der Waals surface area (Å²) >= 11 is 49.0. The van der Waals surface area contributed by atoms with Crippen molar-refractivity contribution in [1.82, 2.24) is 10.2 Å². The highest BCUT2D eigenvalue weighted by atomic mass is 35.5. The number of nitrogens with zero attached hydrogens (tertiary/aromatic N) is 3. The van der Waals surface area contributed by atoms with E-state index in [0.29, 0.717) is 37.6 Å². The van der Waals surface area contributed by atoms with Crippen molar-refractivity contribution in [2.24, 2.45) is 0 Å². The van der Waals surface area contributed by atoms with Crippen LogP contribution in [-0.4, -0.2) is 71.0 Å². The molecule has 6 aromatic rings. The Morgan fingerprint density at radius 3 is 1.43 bits per heavy atom. The molecule has 2 saturated heterocycles. The van der Waals surface area contributed by atoms with Crippen LogP contribution in [-0.2, 0) is 27.1 Å². The summed E-state index contributed by atoms with van der Waals surface area (Å²) < 4.78 is 26.5. The van der Waals surface area contributed by atoms with E-state index in [-0.39, 0.29) is 18.2 Å². The first kappa shape index (κ1) is 53.4. The van der Waals surface area contributed by atoms with Crippen LogP contribution in [0.5, 0.6) is 0 Å². The van der Waals surface area contributed by atoms with Gasteiger partial charge in [-0.25, -0.2) is 0 Å². The Balaban J connectivity index is 0.000000178. The minimum atomic E-state index is -3.38. The fourth-order valence-corrected chi connectivity index (χ4v) is 10.4. The number of benzene rings is 6. The van der Waals surface area contributed by atoms with Gasteiger partial charge in [-0.2, -0.15) is 8.42 Å². The largest absolute Gasteiger partial charge is 0.361 e. The van der Waals surface area contributed by atoms with Crippen molar-refractivity contribution >= 4 is 114 Å². The van der Waals surface area contributed by atoms with Crippen LogP contribution in [0.15, 0.2) is 133 Å². The van der Waals surface area contributed by atoms with E-state index in [1.807, 2.05) is 78.9 Å². The lowest BCUT2D eigenvalue weighted by Gasteiger charge is -2.45. The van der Waals surface area contributed by atoms with Crippen molar-refractivity contribution in [2.45, 2.75) is 50.9 Å². The summed E-state index contributed by atoms with van der Waals surface area (Å²) in [4.78, 5) is 7.25. The molecule has 4 atom stereocenters. The number of rotatable bonds is 11. The summed E-state index contributed by atoms with van der Waals surface area (Å²) in [6, 6.07) is 43.7. The average molecular weight is 1080 g/mol. The van der Waals surface area contributed by atoms with Gasteiger partial charge in [0.1, 0.15) is 0 Å². The predicted octanol–water partition coefficient (Wildman–Crippen LogP) is 14.8. The maximum atomic E-state index is 10.8. The number of hydrogen-bond acceptors (Lipinski definition) is 7. The van der Waals surface area contributed by atoms with Crippen LogP contribution in [0.2, 0.25) is 40.2 Å². The molecule has 0 bridgehead atoms. The van der Waals surface area contributed by atoms with Crippen LogP contribution in [0.4, 0.5) is 11.4 Å². The Morgan fingerprint density at radius 2 is 0.970 bits per heavy atom. The zero-order valence-corrected chi connectivity index (χ0v) is 44.0. The molecule has 16 heteroatoms. The van der Waals surface area contributed by atoms with Gasteiger partial charge in [0, 0.05) is 75.4 Å². The molecular weight excluding hydrogens is 1030 g/mol. The molecular formula is C51H52Cl8N4O3S. The van der Waals surface area contributed by atoms with Crippen LogP contribution < -0.4 is 15.1 Å². The Labute approximate surface area is 435 Å². The summed E-state index contributed by atoms with van der Waals surface area (Å²) in [5.74, 6) is 0. The lowest BCUT2D eigenvalue weighted by atomic mass is 9.98. The predicted molar refractivity (Wildman–Crippen MR) is 286 cm³/mol. The van der Waals surface area contributed by atoms with Crippen LogP contribution in [0, 0.1) is 0 Å². The number of halogens is 8. The van der Waals surface area contributed by atoms with Crippen LogP contribution >= 0.6 is 92.8 Å². The highest BCUT2D eigenvalue weighted by molar-refractivity contribution is 7.86. The van der Waals surface area contributed by atoms with Crippen molar-refractivity contribution in [2.75, 3.05) is 55.3 Å². The van der Waals surface area contributed by atoms with Gasteiger partial charge in [0.15, 0.2) is 0 Å². The molecule has 0 spiro atoms. The average Bonchev–Trinajstić information content (AvgIpc) is 3.28. The van der Waals surface area contributed by atoms with E-state index < -0.39 is 10.1 Å². The van der Waals surface area contributed by atoms with Gasteiger partial charge in [-0.15, -0.1) is 0 Å². The summed E-state index contributed by atoms with van der Waals surface area (Å²) in [5, 5.41) is 9.02. The molecule has 0 aliphatic carbocycles. The monoisotopic (exact) mass is 1080 g/mol. The Bertz CT molecular complexity index is 2630. The van der Waals surface area contributed by atoms with Gasteiger partial charge in [-0.05, 0) is 134 Å². The van der Waals surface area contributed by atoms with Crippen molar-refractivity contribution in [1.29, 1.82) is 0 Å². The first-order chi connectivity index (χ1) is 31.9. The Hall–Kier alpha value is -2.93. The van der Waals surface area contributed by atoms with Gasteiger partial charge in [0.05, 0.1) is 45.9 Å². The van der Waals surface area contributed by atoms with E-state index >= 15 is 0 Å². The van der Waals surface area contributed by atoms with E-state index in [0.717, 1.165) is 84.0 Å². The van der Waals surface area contributed by atoms with Crippen LogP contribution in [0.25, 0.3) is 0 Å². The van der Waals surface area contributed by atoms with Gasteiger partial charge < -0.3 is 15.1 Å². The second kappa shape index (κ2) is 25.3. The fourth-order valence-electron chi connectivity index (χ4n) is 8.24. The first-order valence-electron chi connectivity index (χ1n) is 21.7. The minimum absolute atomic E-state index is 0.164. The third-order valence-electron chi connectivity index (χ3n) is 11.4. The molecule has 356 valence electrons. The molecule has 6 aromatic carbocycles. The third kappa shape index (κ3) is 16.3. The normalized spacial score (nSPS) is 17.4. The fraction of sp³-hybridized carbons (Fsp3) is 0.294. The minimum Gasteiger partial charge on any atom is -0.361 e. The van der Waals surface area contributed by atoms with Gasteiger partial charge in [0.25, 0.3) is 10.1 Å². The maximum Gasteiger partial charge on any atom is 0.264 e. The molecule has 0 radical (unpaired) electrons. The Morgan fingerprint density at radius 1 is 0.552 bits per heavy atom. The van der Waals surface area contributed by atoms with Gasteiger partial charge in [-0.1, -0.05) is 141 Å². The second-order valence-corrected chi connectivity index (χ2v) is 21.6. The van der Waals surface area contributed by atoms with Gasteiger partial charge in [-0.3, -0.25) is 9.08 Å². The molecule has 0 aromatic heterocycles. The highest BCUT2D eigenvalue weighted by Crippen LogP contribution is 2.38. The Kier molecular flexibility index (Phi) is 20.1. The zero-order valence-electron chi connectivity index (χ0n) is 37.2. The molecule has 7 nitrogen and oxygen atoms in total. The quantitative estimate of drug-likeness (QED) is 0.130. The molecule has 2 aliphatic rings. The summed E-state index contributed by atoms with van der Waals surface area (Å²) in [6.45, 7) is 9.44. The molecule has 2 fully saturated rings. The van der Waals surface area contributed by atoms with Gasteiger partial charge in [0.2, 0.25) is 0 Å². The summed E-state index contributed by atoms with van der Waals surface area (Å²) in [5.41, 5.74) is 6.76. The molecule has 0 amide bonds. The van der Waals surface area contributed by atoms with Crippen molar-refractivity contribution in [3.63, 3.8) is 0 Å².